The monoisotopic (exact) mass is 301 g/mol. The highest BCUT2D eigenvalue weighted by atomic mass is 16.4. The number of nitrogens with zero attached hydrogens (tertiary/aromatic N) is 1. The summed E-state index contributed by atoms with van der Waals surface area (Å²) in [6, 6.07) is 0. The van der Waals surface area contributed by atoms with E-state index in [-0.39, 0.29) is 0 Å². The molecule has 0 spiro atoms. The minimum absolute atomic E-state index is 0.349. The van der Waals surface area contributed by atoms with Gasteiger partial charge in [-0.15, -0.1) is 0 Å². The molecule has 2 nitrogen and oxygen atoms in total. The molecular weight excluding hydrogens is 270 g/mol. The second-order valence-corrected chi connectivity index (χ2v) is 9.78. The van der Waals surface area contributed by atoms with Crippen LogP contribution in [-0.2, 0) is 0 Å². The Labute approximate surface area is 135 Å². The van der Waals surface area contributed by atoms with Crippen LogP contribution >= 0.6 is 0 Å². The van der Waals surface area contributed by atoms with Crippen LogP contribution < -0.4 is 0 Å². The summed E-state index contributed by atoms with van der Waals surface area (Å²) in [6.07, 6.45) is 3.82. The van der Waals surface area contributed by atoms with E-state index in [9.17, 15) is 5.21 Å². The van der Waals surface area contributed by atoms with Crippen LogP contribution in [0.3, 0.4) is 0 Å². The van der Waals surface area contributed by atoms with Gasteiger partial charge in [-0.25, -0.2) is 0 Å². The molecule has 4 aliphatic carbocycles. The summed E-state index contributed by atoms with van der Waals surface area (Å²) in [5, 5.41) is 13.5. The second-order valence-electron chi connectivity index (χ2n) is 9.78. The number of rotatable bonds is 0. The molecular formula is C20H31NO. The summed E-state index contributed by atoms with van der Waals surface area (Å²) in [7, 11) is 0. The van der Waals surface area contributed by atoms with E-state index < -0.39 is 0 Å². The second kappa shape index (κ2) is 4.19. The average Bonchev–Trinajstić information content (AvgIpc) is 3.14. The van der Waals surface area contributed by atoms with Crippen LogP contribution in [0.2, 0.25) is 0 Å². The van der Waals surface area contributed by atoms with E-state index in [0.29, 0.717) is 28.6 Å². The molecule has 0 unspecified atom stereocenters. The van der Waals surface area contributed by atoms with E-state index in [1.165, 1.54) is 24.8 Å². The normalized spacial score (nSPS) is 52.9. The van der Waals surface area contributed by atoms with Crippen molar-refractivity contribution in [3.8, 4) is 0 Å². The molecule has 0 aromatic carbocycles. The minimum atomic E-state index is 0.349. The van der Waals surface area contributed by atoms with Crippen LogP contribution in [0.4, 0.5) is 0 Å². The Morgan fingerprint density at radius 3 is 2.14 bits per heavy atom. The third-order valence-electron chi connectivity index (χ3n) is 8.88. The molecule has 0 saturated heterocycles. The molecule has 0 radical (unpaired) electrons. The fraction of sp³-hybridized carbons (Fsp3) is 0.850. The first kappa shape index (κ1) is 14.8. The van der Waals surface area contributed by atoms with Crippen LogP contribution in [-0.4, -0.2) is 10.9 Å². The van der Waals surface area contributed by atoms with Crippen molar-refractivity contribution in [2.75, 3.05) is 0 Å². The van der Waals surface area contributed by atoms with E-state index >= 15 is 0 Å². The van der Waals surface area contributed by atoms with Crippen LogP contribution in [0, 0.1) is 46.3 Å². The average molecular weight is 301 g/mol. The Bertz CT molecular complexity index is 579. The Kier molecular flexibility index (Phi) is 2.81. The molecule has 4 fully saturated rings. The largest absolute Gasteiger partial charge is 0.411 e. The predicted molar refractivity (Wildman–Crippen MR) is 89.9 cm³/mol. The molecule has 4 saturated carbocycles. The SMILES string of the molecule is C[C@@H]1[C@H]2C[C@@H](CC2=C2/C(=N\O)[C@H]3C[C@H]2C(C)(C)[C@H]3C)C1(C)C. The minimum Gasteiger partial charge on any atom is -0.411 e. The molecule has 0 amide bonds. The van der Waals surface area contributed by atoms with Crippen molar-refractivity contribution in [1.82, 2.24) is 0 Å². The lowest BCUT2D eigenvalue weighted by Gasteiger charge is -2.42. The molecule has 2 heteroatoms. The lowest BCUT2D eigenvalue weighted by atomic mass is 9.62. The fourth-order valence-corrected chi connectivity index (χ4v) is 6.55. The Morgan fingerprint density at radius 1 is 0.955 bits per heavy atom. The van der Waals surface area contributed by atoms with E-state index in [2.05, 4.69) is 46.7 Å². The van der Waals surface area contributed by atoms with Crippen molar-refractivity contribution >= 4 is 5.71 Å². The highest BCUT2D eigenvalue weighted by molar-refractivity contribution is 6.06. The van der Waals surface area contributed by atoms with Crippen LogP contribution in [0.5, 0.6) is 0 Å². The lowest BCUT2D eigenvalue weighted by molar-refractivity contribution is 0.160. The van der Waals surface area contributed by atoms with Gasteiger partial charge in [-0.1, -0.05) is 52.3 Å². The van der Waals surface area contributed by atoms with Crippen molar-refractivity contribution in [2.24, 2.45) is 51.5 Å². The van der Waals surface area contributed by atoms with Gasteiger partial charge in [-0.05, 0) is 65.3 Å². The number of allylic oxidation sites excluding steroid dienone is 2. The van der Waals surface area contributed by atoms with Gasteiger partial charge in [-0.2, -0.15) is 0 Å². The molecule has 122 valence electrons. The summed E-state index contributed by atoms with van der Waals surface area (Å²) in [4.78, 5) is 0. The summed E-state index contributed by atoms with van der Waals surface area (Å²) in [5.74, 6) is 4.04. The zero-order valence-electron chi connectivity index (χ0n) is 15.0. The van der Waals surface area contributed by atoms with Gasteiger partial charge in [0.05, 0.1) is 5.71 Å². The zero-order chi connectivity index (χ0) is 16.0. The summed E-state index contributed by atoms with van der Waals surface area (Å²) in [6.45, 7) is 14.6. The maximum Gasteiger partial charge on any atom is 0.0864 e. The molecule has 0 aliphatic heterocycles. The molecule has 22 heavy (non-hydrogen) atoms. The fourth-order valence-electron chi connectivity index (χ4n) is 6.55. The zero-order valence-corrected chi connectivity index (χ0v) is 15.0. The highest BCUT2D eigenvalue weighted by Gasteiger charge is 2.60. The van der Waals surface area contributed by atoms with Crippen LogP contribution in [0.25, 0.3) is 0 Å². The lowest BCUT2D eigenvalue weighted by Crippen LogP contribution is -2.37. The summed E-state index contributed by atoms with van der Waals surface area (Å²) >= 11 is 0. The number of hydrogen-bond donors (Lipinski definition) is 1. The molecule has 6 atom stereocenters. The third kappa shape index (κ3) is 1.50. The van der Waals surface area contributed by atoms with Crippen LogP contribution in [0.15, 0.2) is 16.3 Å². The summed E-state index contributed by atoms with van der Waals surface area (Å²) in [5.41, 5.74) is 5.06. The standard InChI is InChI=1S/C20H31NO/c1-10-13-7-12(19(10,3)4)8-15(13)17-16-9-14(18(17)21-22)11(2)20(16,5)6/h10-14,16,22H,7-9H2,1-6H3/b17-15?,21-18-/t10-,11+,12+,13-,14+,16-/m1/s1. The van der Waals surface area contributed by atoms with Gasteiger partial charge in [0, 0.05) is 5.92 Å². The van der Waals surface area contributed by atoms with Crippen molar-refractivity contribution in [3.05, 3.63) is 11.1 Å². The Balaban J connectivity index is 1.81. The maximum absolute atomic E-state index is 9.70. The van der Waals surface area contributed by atoms with Crippen molar-refractivity contribution in [2.45, 2.75) is 60.8 Å². The third-order valence-corrected chi connectivity index (χ3v) is 8.88. The number of hydrogen-bond acceptors (Lipinski definition) is 2. The van der Waals surface area contributed by atoms with Crippen molar-refractivity contribution in [3.63, 3.8) is 0 Å². The smallest absolute Gasteiger partial charge is 0.0864 e. The number of oxime groups is 1. The topological polar surface area (TPSA) is 32.6 Å². The number of fused-ring (bicyclic) bond motifs is 4. The Morgan fingerprint density at radius 2 is 1.59 bits per heavy atom. The highest BCUT2D eigenvalue weighted by Crippen LogP contribution is 2.66. The molecule has 4 aliphatic rings. The van der Waals surface area contributed by atoms with Crippen LogP contribution in [0.1, 0.15) is 60.8 Å². The van der Waals surface area contributed by atoms with E-state index in [1.807, 2.05) is 0 Å². The van der Waals surface area contributed by atoms with Gasteiger partial charge >= 0.3 is 0 Å². The van der Waals surface area contributed by atoms with Gasteiger partial charge in [0.15, 0.2) is 0 Å². The maximum atomic E-state index is 9.70. The molecule has 0 aromatic heterocycles. The first-order valence-corrected chi connectivity index (χ1v) is 9.16. The van der Waals surface area contributed by atoms with E-state index in [0.717, 1.165) is 23.5 Å². The molecule has 1 N–H and O–H groups in total. The molecule has 0 heterocycles. The summed E-state index contributed by atoms with van der Waals surface area (Å²) < 4.78 is 0. The predicted octanol–water partition coefficient (Wildman–Crippen LogP) is 5.13. The van der Waals surface area contributed by atoms with E-state index in [4.69, 9.17) is 0 Å². The van der Waals surface area contributed by atoms with Crippen molar-refractivity contribution < 1.29 is 5.21 Å². The van der Waals surface area contributed by atoms with E-state index in [1.54, 1.807) is 5.57 Å². The van der Waals surface area contributed by atoms with Gasteiger partial charge in [0.25, 0.3) is 0 Å². The van der Waals surface area contributed by atoms with Crippen molar-refractivity contribution in [1.29, 1.82) is 0 Å². The Hall–Kier alpha value is -0.790. The molecule has 0 aromatic rings. The quantitative estimate of drug-likeness (QED) is 0.488. The van der Waals surface area contributed by atoms with Gasteiger partial charge in [0.1, 0.15) is 0 Å². The molecule has 4 rings (SSSR count). The van der Waals surface area contributed by atoms with Gasteiger partial charge in [-0.3, -0.25) is 0 Å². The molecule has 4 bridgehead atoms. The first-order valence-electron chi connectivity index (χ1n) is 9.16. The van der Waals surface area contributed by atoms with Gasteiger partial charge < -0.3 is 5.21 Å². The van der Waals surface area contributed by atoms with Gasteiger partial charge in [0.2, 0.25) is 0 Å². The first-order chi connectivity index (χ1) is 10.2.